The van der Waals surface area contributed by atoms with E-state index in [1.807, 2.05) is 30.3 Å². The van der Waals surface area contributed by atoms with Crippen LogP contribution in [0.3, 0.4) is 0 Å². The highest BCUT2D eigenvalue weighted by Gasteiger charge is 2.36. The molecular formula is C23H26F3N3O5PS+. The number of aromatic nitrogens is 2. The van der Waals surface area contributed by atoms with E-state index < -0.39 is 25.5 Å². The van der Waals surface area contributed by atoms with Gasteiger partial charge in [-0.05, 0) is 43.5 Å². The third kappa shape index (κ3) is 8.29. The molecule has 0 aliphatic rings. The molecule has 0 radical (unpaired) electrons. The zero-order chi connectivity index (χ0) is 26.2. The third-order valence-electron chi connectivity index (χ3n) is 4.97. The number of nitrogens with two attached hydrogens (primary N) is 1. The van der Waals surface area contributed by atoms with Crippen molar-refractivity contribution in [3.8, 4) is 16.3 Å². The predicted molar refractivity (Wildman–Crippen MR) is 128 cm³/mol. The highest BCUT2D eigenvalue weighted by molar-refractivity contribution is 7.32. The van der Waals surface area contributed by atoms with Crippen molar-refractivity contribution in [3.63, 3.8) is 0 Å². The Morgan fingerprint density at radius 2 is 1.81 bits per heavy atom. The van der Waals surface area contributed by atoms with Crippen molar-refractivity contribution in [1.29, 1.82) is 0 Å². The molecule has 3 aromatic rings. The van der Waals surface area contributed by atoms with Gasteiger partial charge in [0.2, 0.25) is 0 Å². The summed E-state index contributed by atoms with van der Waals surface area (Å²) < 4.78 is 67.6. The van der Waals surface area contributed by atoms with Gasteiger partial charge in [0.15, 0.2) is 0 Å². The number of ether oxygens (including phenoxy) is 2. The van der Waals surface area contributed by atoms with Gasteiger partial charge in [0.25, 0.3) is 0 Å². The van der Waals surface area contributed by atoms with E-state index in [1.54, 1.807) is 0 Å². The van der Waals surface area contributed by atoms with Gasteiger partial charge in [0.1, 0.15) is 22.4 Å². The summed E-state index contributed by atoms with van der Waals surface area (Å²) >= 11 is 0.971. The van der Waals surface area contributed by atoms with Crippen LogP contribution in [0.25, 0.3) is 10.6 Å². The van der Waals surface area contributed by atoms with Crippen molar-refractivity contribution < 1.29 is 36.6 Å². The smallest absolute Gasteiger partial charge is 0.493 e. The molecule has 13 heteroatoms. The largest absolute Gasteiger partial charge is 0.694 e. The van der Waals surface area contributed by atoms with Gasteiger partial charge >= 0.3 is 14.4 Å². The number of alkyl halides is 3. The van der Waals surface area contributed by atoms with E-state index in [2.05, 4.69) is 14.7 Å². The molecule has 1 heterocycles. The minimum atomic E-state index is -4.64. The predicted octanol–water partition coefficient (Wildman–Crippen LogP) is 5.44. The first-order valence-electron chi connectivity index (χ1n) is 10.9. The molecule has 0 amide bonds. The maximum absolute atomic E-state index is 13.7. The first-order chi connectivity index (χ1) is 17.1. The van der Waals surface area contributed by atoms with Crippen molar-refractivity contribution >= 4 is 19.6 Å². The van der Waals surface area contributed by atoms with E-state index >= 15 is 0 Å². The fourth-order valence-electron chi connectivity index (χ4n) is 3.08. The fourth-order valence-corrected chi connectivity index (χ4v) is 4.35. The lowest BCUT2D eigenvalue weighted by Crippen LogP contribution is -2.37. The second-order valence-electron chi connectivity index (χ2n) is 8.14. The monoisotopic (exact) mass is 544 g/mol. The highest BCUT2D eigenvalue weighted by atomic mass is 32.1. The summed E-state index contributed by atoms with van der Waals surface area (Å²) in [7, 11) is -2.85. The number of rotatable bonds is 13. The number of hydrogen-bond acceptors (Lipinski definition) is 8. The lowest BCUT2D eigenvalue weighted by molar-refractivity contribution is -0.138. The molecule has 0 aliphatic heterocycles. The molecule has 0 saturated carbocycles. The maximum Gasteiger partial charge on any atom is 0.694 e. The summed E-state index contributed by atoms with van der Waals surface area (Å²) in [5, 5.41) is 8.32. The minimum absolute atomic E-state index is 0.110. The molecule has 1 unspecified atom stereocenters. The second-order valence-corrected chi connectivity index (χ2v) is 9.85. The Kier molecular flexibility index (Phi) is 9.89. The van der Waals surface area contributed by atoms with Crippen molar-refractivity contribution in [2.24, 2.45) is 5.73 Å². The molecule has 36 heavy (non-hydrogen) atoms. The Bertz CT molecular complexity index is 1150. The van der Waals surface area contributed by atoms with Crippen molar-refractivity contribution in [2.75, 3.05) is 19.8 Å². The van der Waals surface area contributed by atoms with Crippen LogP contribution >= 0.6 is 19.6 Å². The van der Waals surface area contributed by atoms with Crippen molar-refractivity contribution in [3.05, 3.63) is 64.7 Å². The van der Waals surface area contributed by atoms with Crippen LogP contribution in [0.5, 0.6) is 5.75 Å². The van der Waals surface area contributed by atoms with Crippen molar-refractivity contribution in [2.45, 2.75) is 38.1 Å². The summed E-state index contributed by atoms with van der Waals surface area (Å²) in [6, 6.07) is 13.4. The molecule has 2 aromatic carbocycles. The highest BCUT2D eigenvalue weighted by Crippen LogP contribution is 2.40. The average Bonchev–Trinajstić information content (AvgIpc) is 3.34. The van der Waals surface area contributed by atoms with Crippen LogP contribution in [0.15, 0.2) is 48.5 Å². The van der Waals surface area contributed by atoms with Gasteiger partial charge in [-0.3, -0.25) is 0 Å². The second kappa shape index (κ2) is 12.7. The van der Waals surface area contributed by atoms with E-state index in [0.717, 1.165) is 23.0 Å². The quantitative estimate of drug-likeness (QED) is 0.216. The van der Waals surface area contributed by atoms with E-state index in [9.17, 15) is 17.7 Å². The number of hydrogen-bond donors (Lipinski definition) is 2. The lowest BCUT2D eigenvalue weighted by Gasteiger charge is -2.16. The first kappa shape index (κ1) is 28.1. The number of unbranched alkanes of at least 4 members (excludes halogenated alkanes) is 1. The Hall–Kier alpha value is -2.47. The Balaban J connectivity index is 1.59. The van der Waals surface area contributed by atoms with Gasteiger partial charge < -0.3 is 15.2 Å². The molecule has 8 nitrogen and oxygen atoms in total. The van der Waals surface area contributed by atoms with Gasteiger partial charge in [-0.1, -0.05) is 41.7 Å². The molecule has 3 rings (SSSR count). The molecule has 0 spiro atoms. The summed E-state index contributed by atoms with van der Waals surface area (Å²) in [6.07, 6.45) is -3.46. The van der Waals surface area contributed by atoms with Gasteiger partial charge in [-0.15, -0.1) is 19.6 Å². The van der Waals surface area contributed by atoms with E-state index in [1.165, 1.54) is 19.1 Å². The third-order valence-corrected chi connectivity index (χ3v) is 6.57. The Morgan fingerprint density at radius 3 is 2.50 bits per heavy atom. The number of benzene rings is 2. The van der Waals surface area contributed by atoms with E-state index in [-0.39, 0.29) is 34.5 Å². The van der Waals surface area contributed by atoms with Crippen LogP contribution in [0, 0.1) is 0 Å². The van der Waals surface area contributed by atoms with Crippen LogP contribution in [0.2, 0.25) is 0 Å². The van der Waals surface area contributed by atoms with Crippen LogP contribution < -0.4 is 10.5 Å². The average molecular weight is 545 g/mol. The molecule has 3 N–H and O–H groups in total. The molecule has 194 valence electrons. The molecule has 0 saturated heterocycles. The lowest BCUT2D eigenvalue weighted by atomic mass is 10.1. The van der Waals surface area contributed by atoms with Gasteiger partial charge in [-0.2, -0.15) is 13.2 Å². The normalized spacial score (nSPS) is 13.9. The van der Waals surface area contributed by atoms with Crippen LogP contribution in [0.4, 0.5) is 13.2 Å². The molecule has 2 atom stereocenters. The van der Waals surface area contributed by atoms with Gasteiger partial charge in [0.05, 0.1) is 24.3 Å². The first-order valence-corrected chi connectivity index (χ1v) is 12.9. The molecule has 0 bridgehead atoms. The Morgan fingerprint density at radius 1 is 1.08 bits per heavy atom. The summed E-state index contributed by atoms with van der Waals surface area (Å²) in [5.41, 5.74) is 5.14. The van der Waals surface area contributed by atoms with E-state index in [4.69, 9.17) is 20.1 Å². The molecule has 0 aliphatic carbocycles. The van der Waals surface area contributed by atoms with Gasteiger partial charge in [-0.25, -0.2) is 0 Å². The van der Waals surface area contributed by atoms with Crippen LogP contribution in [-0.4, -0.2) is 34.9 Å². The topological polar surface area (TPSA) is 117 Å². The summed E-state index contributed by atoms with van der Waals surface area (Å²) in [6.45, 7) is 2.26. The number of halogens is 3. The molecule has 0 fully saturated rings. The SMILES string of the molecule is C[C@](N)(CO[P+](=O)O)c1nnc(-c2ccc(OCCCCOCc3ccccc3)c(C(F)(F)F)c2)s1. The summed E-state index contributed by atoms with van der Waals surface area (Å²) in [5.74, 6) is -0.273. The molecular weight excluding hydrogens is 518 g/mol. The van der Waals surface area contributed by atoms with E-state index in [0.29, 0.717) is 26.1 Å². The van der Waals surface area contributed by atoms with Gasteiger partial charge in [0, 0.05) is 16.7 Å². The minimum Gasteiger partial charge on any atom is -0.493 e. The maximum atomic E-state index is 13.7. The van der Waals surface area contributed by atoms with Crippen LogP contribution in [-0.2, 0) is 32.1 Å². The zero-order valence-electron chi connectivity index (χ0n) is 19.4. The standard InChI is InChI=1S/C23H25F3N3O5PS/c1-22(27,15-34-35(30)31)21-29-28-20(36-21)17-9-10-19(18(13-17)23(24,25)26)33-12-6-5-11-32-14-16-7-3-2-4-8-16/h2-4,7-10,13H,5-6,11-12,14-15,27H2,1H3/p+1/t22-/m0/s1. The fraction of sp³-hybridized carbons (Fsp3) is 0.391. The van der Waals surface area contributed by atoms with Crippen molar-refractivity contribution in [1.82, 2.24) is 10.2 Å². The Labute approximate surface area is 211 Å². The van der Waals surface area contributed by atoms with Crippen LogP contribution in [0.1, 0.15) is 35.9 Å². The molecule has 1 aromatic heterocycles. The number of nitrogens with zero attached hydrogens (tertiary/aromatic N) is 2. The summed E-state index contributed by atoms with van der Waals surface area (Å²) in [4.78, 5) is 8.81. The zero-order valence-corrected chi connectivity index (χ0v) is 21.1.